The van der Waals surface area contributed by atoms with Gasteiger partial charge in [0.2, 0.25) is 5.91 Å². The topological polar surface area (TPSA) is 94.5 Å². The molecular formula is C47H69NO7S. The number of benzene rings is 2. The first-order chi connectivity index (χ1) is 26.7. The zero-order valence-corrected chi connectivity index (χ0v) is 36.0. The molecule has 2 saturated heterocycles. The third kappa shape index (κ3) is 11.3. The molecule has 2 fully saturated rings. The second kappa shape index (κ2) is 21.1. The van der Waals surface area contributed by atoms with E-state index >= 15 is 4.79 Å². The molecule has 0 aliphatic carbocycles. The normalized spacial score (nSPS) is 19.6. The van der Waals surface area contributed by atoms with Crippen molar-refractivity contribution >= 4 is 29.3 Å². The second-order valence-corrected chi connectivity index (χ2v) is 17.4. The molecule has 0 saturated carbocycles. The van der Waals surface area contributed by atoms with Crippen molar-refractivity contribution in [3.05, 3.63) is 83.9 Å². The molecule has 0 aromatic heterocycles. The van der Waals surface area contributed by atoms with Crippen molar-refractivity contribution in [2.45, 2.75) is 167 Å². The van der Waals surface area contributed by atoms with Gasteiger partial charge in [0, 0.05) is 24.0 Å². The number of ether oxygens (including phenoxy) is 4. The van der Waals surface area contributed by atoms with Gasteiger partial charge in [0.15, 0.2) is 17.0 Å². The van der Waals surface area contributed by atoms with Gasteiger partial charge < -0.3 is 24.1 Å². The second-order valence-electron chi connectivity index (χ2n) is 17.0. The Hall–Kier alpha value is -3.11. The lowest BCUT2D eigenvalue weighted by Crippen LogP contribution is -2.57. The molecule has 8 nitrogen and oxygen atoms in total. The Bertz CT molecular complexity index is 1510. The molecule has 1 amide bonds. The van der Waals surface area contributed by atoms with E-state index in [1.54, 1.807) is 26.8 Å². The minimum Gasteiger partial charge on any atom is -0.458 e. The SMILES string of the molecule is CCCCCCCC1(CCCCCC/C=C/[C@H](C(=O)N2C(=S)OC(c3ccccc3)(c3ccccc3)[C@@H]2C(C)C)[C@@](O)(CCC)C(=O)OC(C)(C)C)OCCO1. The summed E-state index contributed by atoms with van der Waals surface area (Å²) in [6, 6.07) is 19.1. The number of hydrogen-bond acceptors (Lipinski definition) is 8. The number of hydrogen-bond donors (Lipinski definition) is 1. The minimum atomic E-state index is -2.14. The Balaban J connectivity index is 1.57. The first-order valence-electron chi connectivity index (χ1n) is 21.3. The molecule has 2 aliphatic heterocycles. The Morgan fingerprint density at radius 1 is 0.857 bits per heavy atom. The van der Waals surface area contributed by atoms with Crippen LogP contribution in [0.3, 0.4) is 0 Å². The number of carbonyl (C=O) groups is 2. The molecule has 0 unspecified atom stereocenters. The molecule has 3 atom stereocenters. The van der Waals surface area contributed by atoms with Crippen molar-refractivity contribution in [2.75, 3.05) is 13.2 Å². The smallest absolute Gasteiger partial charge is 0.339 e. The average Bonchev–Trinajstić information content (AvgIpc) is 3.77. The molecule has 9 heteroatoms. The number of thiocarbonyl (C=S) groups is 1. The quantitative estimate of drug-likeness (QED) is 0.0545. The molecule has 56 heavy (non-hydrogen) atoms. The predicted molar refractivity (Wildman–Crippen MR) is 227 cm³/mol. The van der Waals surface area contributed by atoms with Gasteiger partial charge in [0.25, 0.3) is 5.17 Å². The van der Waals surface area contributed by atoms with Crippen LogP contribution in [-0.4, -0.2) is 63.3 Å². The highest BCUT2D eigenvalue weighted by molar-refractivity contribution is 7.80. The lowest BCUT2D eigenvalue weighted by molar-refractivity contribution is -0.185. The first kappa shape index (κ1) is 45.6. The van der Waals surface area contributed by atoms with Crippen LogP contribution in [0.2, 0.25) is 0 Å². The van der Waals surface area contributed by atoms with Crippen LogP contribution in [0, 0.1) is 11.8 Å². The van der Waals surface area contributed by atoms with Gasteiger partial charge in [-0.15, -0.1) is 0 Å². The van der Waals surface area contributed by atoms with Crippen LogP contribution in [0.15, 0.2) is 72.8 Å². The number of allylic oxidation sites excluding steroid dienone is 1. The molecule has 0 radical (unpaired) electrons. The number of esters is 1. The van der Waals surface area contributed by atoms with Gasteiger partial charge in [-0.2, -0.15) is 0 Å². The van der Waals surface area contributed by atoms with Crippen molar-refractivity contribution in [1.82, 2.24) is 4.90 Å². The van der Waals surface area contributed by atoms with Crippen molar-refractivity contribution in [3.63, 3.8) is 0 Å². The number of aliphatic hydroxyl groups is 1. The summed E-state index contributed by atoms with van der Waals surface area (Å²) in [5, 5.41) is 12.4. The van der Waals surface area contributed by atoms with E-state index < -0.39 is 46.4 Å². The van der Waals surface area contributed by atoms with E-state index in [2.05, 4.69) is 6.92 Å². The van der Waals surface area contributed by atoms with E-state index in [0.717, 1.165) is 56.1 Å². The van der Waals surface area contributed by atoms with Crippen molar-refractivity contribution in [3.8, 4) is 0 Å². The molecule has 1 N–H and O–H groups in total. The number of nitrogens with zero attached hydrogens (tertiary/aromatic N) is 1. The third-order valence-corrected chi connectivity index (χ3v) is 11.3. The summed E-state index contributed by atoms with van der Waals surface area (Å²) in [6.07, 6.45) is 16.7. The van der Waals surface area contributed by atoms with Gasteiger partial charge in [-0.05, 0) is 71.0 Å². The maximum atomic E-state index is 15.2. The maximum absolute atomic E-state index is 15.2. The fraction of sp³-hybridized carbons (Fsp3) is 0.638. The third-order valence-electron chi connectivity index (χ3n) is 11.1. The van der Waals surface area contributed by atoms with Crippen LogP contribution in [0.5, 0.6) is 0 Å². The molecule has 0 bridgehead atoms. The molecule has 2 aromatic carbocycles. The van der Waals surface area contributed by atoms with Gasteiger partial charge in [-0.1, -0.05) is 145 Å². The summed E-state index contributed by atoms with van der Waals surface area (Å²) >= 11 is 5.95. The minimum absolute atomic E-state index is 0.0109. The molecule has 2 aromatic rings. The standard InChI is InChI=1S/C47H69NO7S/c1-8-10-11-15-24-32-45(52-34-35-53-45)33-25-16-13-12-14-23-30-39(46(51,31-9-2)42(50)54-44(5,6)7)41(49)48-40(36(3)4)47(55-43(48)56,37-26-19-17-20-27-37)38-28-21-18-22-29-38/h17-23,26-30,36,39-40,51H,8-16,24-25,31-35H2,1-7H3/b30-23+/t39-,40+,46+/m1/s1. The Morgan fingerprint density at radius 2 is 1.39 bits per heavy atom. The number of unbranched alkanes of at least 4 members (excludes halogenated alkanes) is 8. The summed E-state index contributed by atoms with van der Waals surface area (Å²) in [7, 11) is 0. The summed E-state index contributed by atoms with van der Waals surface area (Å²) in [5.74, 6) is -3.15. The van der Waals surface area contributed by atoms with Gasteiger partial charge in [0.05, 0.1) is 25.2 Å². The van der Waals surface area contributed by atoms with Crippen molar-refractivity contribution in [1.29, 1.82) is 0 Å². The van der Waals surface area contributed by atoms with Crippen LogP contribution in [0.25, 0.3) is 0 Å². The number of rotatable bonds is 22. The summed E-state index contributed by atoms with van der Waals surface area (Å²) < 4.78 is 24.8. The number of carbonyl (C=O) groups excluding carboxylic acids is 2. The van der Waals surface area contributed by atoms with E-state index in [0.29, 0.717) is 26.1 Å². The van der Waals surface area contributed by atoms with Crippen LogP contribution >= 0.6 is 12.2 Å². The van der Waals surface area contributed by atoms with Crippen molar-refractivity contribution in [2.24, 2.45) is 11.8 Å². The Morgan fingerprint density at radius 3 is 1.89 bits per heavy atom. The van der Waals surface area contributed by atoms with Crippen molar-refractivity contribution < 1.29 is 33.6 Å². The van der Waals surface area contributed by atoms with E-state index in [1.165, 1.54) is 30.6 Å². The largest absolute Gasteiger partial charge is 0.458 e. The first-order valence-corrected chi connectivity index (χ1v) is 21.7. The highest BCUT2D eigenvalue weighted by Gasteiger charge is 2.60. The monoisotopic (exact) mass is 791 g/mol. The fourth-order valence-electron chi connectivity index (χ4n) is 8.41. The van der Waals surface area contributed by atoms with E-state index in [9.17, 15) is 9.90 Å². The van der Waals surface area contributed by atoms with Gasteiger partial charge in [0.1, 0.15) is 5.60 Å². The van der Waals surface area contributed by atoms with Crippen LogP contribution < -0.4 is 0 Å². The van der Waals surface area contributed by atoms with Crippen LogP contribution in [-0.2, 0) is 34.1 Å². The van der Waals surface area contributed by atoms with Crippen LogP contribution in [0.4, 0.5) is 0 Å². The zero-order chi connectivity index (χ0) is 40.8. The van der Waals surface area contributed by atoms with Crippen LogP contribution in [0.1, 0.15) is 149 Å². The van der Waals surface area contributed by atoms with E-state index in [4.69, 9.17) is 31.2 Å². The molecule has 2 heterocycles. The lowest BCUT2D eigenvalue weighted by atomic mass is 9.75. The summed E-state index contributed by atoms with van der Waals surface area (Å²) in [4.78, 5) is 30.7. The van der Waals surface area contributed by atoms with Gasteiger partial charge in [-0.3, -0.25) is 9.69 Å². The average molecular weight is 792 g/mol. The molecule has 0 spiro atoms. The van der Waals surface area contributed by atoms with Gasteiger partial charge >= 0.3 is 5.97 Å². The molecule has 310 valence electrons. The fourth-order valence-corrected chi connectivity index (χ4v) is 8.75. The van der Waals surface area contributed by atoms with Gasteiger partial charge in [-0.25, -0.2) is 4.79 Å². The summed E-state index contributed by atoms with van der Waals surface area (Å²) in [5.41, 5.74) is -2.41. The van der Waals surface area contributed by atoms with E-state index in [1.807, 2.05) is 87.5 Å². The molecule has 4 rings (SSSR count). The number of amides is 1. The summed E-state index contributed by atoms with van der Waals surface area (Å²) in [6.45, 7) is 14.8. The highest BCUT2D eigenvalue weighted by Crippen LogP contribution is 2.48. The zero-order valence-electron chi connectivity index (χ0n) is 35.2. The Labute approximate surface area is 342 Å². The maximum Gasteiger partial charge on any atom is 0.339 e. The highest BCUT2D eigenvalue weighted by atomic mass is 32.1. The lowest BCUT2D eigenvalue weighted by Gasteiger charge is -2.40. The molecule has 2 aliphatic rings. The Kier molecular flexibility index (Phi) is 17.1. The predicted octanol–water partition coefficient (Wildman–Crippen LogP) is 10.6. The molecular weight excluding hydrogens is 723 g/mol. The van der Waals surface area contributed by atoms with E-state index in [-0.39, 0.29) is 17.5 Å².